The molecule has 0 radical (unpaired) electrons. The van der Waals surface area contributed by atoms with Gasteiger partial charge in [-0.2, -0.15) is 0 Å². The summed E-state index contributed by atoms with van der Waals surface area (Å²) < 4.78 is 0. The largest absolute Gasteiger partial charge is 0.346 e. The number of fused-ring (bicyclic) bond motifs is 1. The molecule has 3 N–H and O–H groups in total. The van der Waals surface area contributed by atoms with Crippen molar-refractivity contribution in [1.29, 1.82) is 0 Å². The van der Waals surface area contributed by atoms with Gasteiger partial charge in [0.1, 0.15) is 17.7 Å². The van der Waals surface area contributed by atoms with Crippen LogP contribution in [0, 0.1) is 0 Å². The van der Waals surface area contributed by atoms with Crippen molar-refractivity contribution in [1.82, 2.24) is 19.9 Å². The van der Waals surface area contributed by atoms with Gasteiger partial charge in [-0.25, -0.2) is 9.97 Å². The number of rotatable bonds is 2. The van der Waals surface area contributed by atoms with Crippen LogP contribution in [0.25, 0.3) is 22.4 Å². The highest BCUT2D eigenvalue weighted by molar-refractivity contribution is 5.92. The lowest BCUT2D eigenvalue weighted by Gasteiger charge is -2.02. The number of hydrogen-bond donors (Lipinski definition) is 2. The topological polar surface area (TPSA) is 80.5 Å². The fourth-order valence-corrected chi connectivity index (χ4v) is 1.88. The molecule has 0 saturated carbocycles. The monoisotopic (exact) mass is 225 g/mol. The summed E-state index contributed by atoms with van der Waals surface area (Å²) in [5, 5.41) is 0.953. The summed E-state index contributed by atoms with van der Waals surface area (Å²) >= 11 is 0. The molecule has 84 valence electrons. The summed E-state index contributed by atoms with van der Waals surface area (Å²) in [7, 11) is 0. The molecular weight excluding hydrogens is 214 g/mol. The highest BCUT2D eigenvalue weighted by Gasteiger charge is 2.11. The van der Waals surface area contributed by atoms with Gasteiger partial charge in [-0.05, 0) is 17.7 Å². The third-order valence-corrected chi connectivity index (χ3v) is 2.68. The maximum Gasteiger partial charge on any atom is 0.141 e. The molecule has 0 aliphatic carbocycles. The average molecular weight is 225 g/mol. The van der Waals surface area contributed by atoms with Crippen molar-refractivity contribution >= 4 is 11.0 Å². The number of aromatic nitrogens is 4. The number of hydrogen-bond acceptors (Lipinski definition) is 4. The van der Waals surface area contributed by atoms with Gasteiger partial charge in [0.15, 0.2) is 0 Å². The van der Waals surface area contributed by atoms with Crippen LogP contribution in [0.4, 0.5) is 0 Å². The van der Waals surface area contributed by atoms with Crippen LogP contribution in [0.1, 0.15) is 5.56 Å². The fraction of sp³-hybridized carbons (Fsp3) is 0.0833. The van der Waals surface area contributed by atoms with Crippen LogP contribution in [0.3, 0.4) is 0 Å². The average Bonchev–Trinajstić information content (AvgIpc) is 2.82. The minimum absolute atomic E-state index is 0.452. The van der Waals surface area contributed by atoms with Crippen molar-refractivity contribution in [3.8, 4) is 11.4 Å². The lowest BCUT2D eigenvalue weighted by Crippen LogP contribution is -1.97. The van der Waals surface area contributed by atoms with Crippen LogP contribution < -0.4 is 5.73 Å². The van der Waals surface area contributed by atoms with Crippen LogP contribution in [0.15, 0.2) is 36.9 Å². The quantitative estimate of drug-likeness (QED) is 0.692. The molecule has 0 fully saturated rings. The molecule has 0 spiro atoms. The van der Waals surface area contributed by atoms with Gasteiger partial charge < -0.3 is 10.7 Å². The molecule has 3 heterocycles. The molecule has 0 amide bonds. The van der Waals surface area contributed by atoms with E-state index in [1.807, 2.05) is 24.4 Å². The van der Waals surface area contributed by atoms with Gasteiger partial charge in [0, 0.05) is 18.9 Å². The molecule has 3 aromatic rings. The molecule has 5 nitrogen and oxygen atoms in total. The Bertz CT molecular complexity index is 644. The van der Waals surface area contributed by atoms with E-state index in [4.69, 9.17) is 5.73 Å². The first-order chi connectivity index (χ1) is 8.40. The third-order valence-electron chi connectivity index (χ3n) is 2.68. The number of pyridine rings is 1. The minimum Gasteiger partial charge on any atom is -0.346 e. The highest BCUT2D eigenvalue weighted by Crippen LogP contribution is 2.25. The van der Waals surface area contributed by atoms with Crippen LogP contribution in [0.2, 0.25) is 0 Å². The van der Waals surface area contributed by atoms with Crippen molar-refractivity contribution in [3.05, 3.63) is 42.5 Å². The van der Waals surface area contributed by atoms with E-state index in [-0.39, 0.29) is 0 Å². The summed E-state index contributed by atoms with van der Waals surface area (Å²) in [6, 6.07) is 5.74. The van der Waals surface area contributed by atoms with Gasteiger partial charge in [-0.1, -0.05) is 6.07 Å². The third kappa shape index (κ3) is 1.57. The van der Waals surface area contributed by atoms with E-state index in [0.717, 1.165) is 28.0 Å². The molecule has 0 aromatic carbocycles. The van der Waals surface area contributed by atoms with Gasteiger partial charge in [0.05, 0.1) is 11.1 Å². The summed E-state index contributed by atoms with van der Waals surface area (Å²) in [6.45, 7) is 0.452. The van der Waals surface area contributed by atoms with Gasteiger partial charge in [-0.3, -0.25) is 4.98 Å². The van der Waals surface area contributed by atoms with E-state index in [1.165, 1.54) is 6.33 Å². The van der Waals surface area contributed by atoms with Crippen molar-refractivity contribution in [2.24, 2.45) is 5.73 Å². The van der Waals surface area contributed by atoms with Crippen LogP contribution >= 0.6 is 0 Å². The first-order valence-corrected chi connectivity index (χ1v) is 5.32. The Hall–Kier alpha value is -2.27. The Morgan fingerprint density at radius 2 is 2.12 bits per heavy atom. The standard InChI is InChI=1S/C12H11N5/c13-5-8-6-15-12-10(8)11(16-7-17-12)9-3-1-2-4-14-9/h1-4,6-7H,5,13H2,(H,15,16,17). The Morgan fingerprint density at radius 1 is 1.18 bits per heavy atom. The second-order valence-electron chi connectivity index (χ2n) is 3.68. The lowest BCUT2D eigenvalue weighted by atomic mass is 10.1. The van der Waals surface area contributed by atoms with Crippen molar-refractivity contribution in [2.75, 3.05) is 0 Å². The maximum atomic E-state index is 5.71. The van der Waals surface area contributed by atoms with Crippen LogP contribution in [-0.2, 0) is 6.54 Å². The zero-order valence-electron chi connectivity index (χ0n) is 9.09. The Morgan fingerprint density at radius 3 is 2.88 bits per heavy atom. The molecule has 0 unspecified atom stereocenters. The summed E-state index contributed by atoms with van der Waals surface area (Å²) in [5.41, 5.74) is 9.15. The lowest BCUT2D eigenvalue weighted by molar-refractivity contribution is 1.08. The van der Waals surface area contributed by atoms with E-state index >= 15 is 0 Å². The zero-order valence-corrected chi connectivity index (χ0v) is 9.09. The first-order valence-electron chi connectivity index (χ1n) is 5.32. The maximum absolute atomic E-state index is 5.71. The Balaban J connectivity index is 2.33. The highest BCUT2D eigenvalue weighted by atomic mass is 14.9. The molecule has 3 rings (SSSR count). The van der Waals surface area contributed by atoms with Crippen molar-refractivity contribution in [3.63, 3.8) is 0 Å². The minimum atomic E-state index is 0.452. The predicted octanol–water partition coefficient (Wildman–Crippen LogP) is 1.48. The van der Waals surface area contributed by atoms with Gasteiger partial charge in [0.2, 0.25) is 0 Å². The fourth-order valence-electron chi connectivity index (χ4n) is 1.88. The van der Waals surface area contributed by atoms with E-state index in [1.54, 1.807) is 6.20 Å². The van der Waals surface area contributed by atoms with E-state index < -0.39 is 0 Å². The molecule has 0 bridgehead atoms. The second kappa shape index (κ2) is 3.95. The molecule has 17 heavy (non-hydrogen) atoms. The second-order valence-corrected chi connectivity index (χ2v) is 3.68. The molecule has 0 atom stereocenters. The van der Waals surface area contributed by atoms with Gasteiger partial charge >= 0.3 is 0 Å². The van der Waals surface area contributed by atoms with Crippen LogP contribution in [-0.4, -0.2) is 19.9 Å². The van der Waals surface area contributed by atoms with Crippen LogP contribution in [0.5, 0.6) is 0 Å². The summed E-state index contributed by atoms with van der Waals surface area (Å²) in [4.78, 5) is 15.9. The van der Waals surface area contributed by atoms with Crippen molar-refractivity contribution in [2.45, 2.75) is 6.54 Å². The number of nitrogens with two attached hydrogens (primary N) is 1. The van der Waals surface area contributed by atoms with Gasteiger partial charge in [-0.15, -0.1) is 0 Å². The summed E-state index contributed by atoms with van der Waals surface area (Å²) in [6.07, 6.45) is 5.15. The first kappa shape index (κ1) is 9.92. The predicted molar refractivity (Wildman–Crippen MR) is 65.0 cm³/mol. The number of nitrogens with zero attached hydrogens (tertiary/aromatic N) is 3. The number of aromatic amines is 1. The molecule has 0 aliphatic rings. The summed E-state index contributed by atoms with van der Waals surface area (Å²) in [5.74, 6) is 0. The smallest absolute Gasteiger partial charge is 0.141 e. The molecule has 0 aliphatic heterocycles. The van der Waals surface area contributed by atoms with E-state index in [9.17, 15) is 0 Å². The number of H-pyrrole nitrogens is 1. The zero-order chi connectivity index (χ0) is 11.7. The molecular formula is C12H11N5. The van der Waals surface area contributed by atoms with Gasteiger partial charge in [0.25, 0.3) is 0 Å². The number of nitrogens with one attached hydrogen (secondary N) is 1. The Labute approximate surface area is 97.7 Å². The normalized spacial score (nSPS) is 10.9. The molecule has 3 aromatic heterocycles. The van der Waals surface area contributed by atoms with E-state index in [2.05, 4.69) is 19.9 Å². The van der Waals surface area contributed by atoms with E-state index in [0.29, 0.717) is 6.54 Å². The molecule has 0 saturated heterocycles. The SMILES string of the molecule is NCc1c[nH]c2ncnc(-c3ccccn3)c12. The molecule has 5 heteroatoms. The Kier molecular flexibility index (Phi) is 2.31. The van der Waals surface area contributed by atoms with Crippen molar-refractivity contribution < 1.29 is 0 Å².